The number of pyridine rings is 1. The molecule has 7 nitrogen and oxygen atoms in total. The van der Waals surface area contributed by atoms with Gasteiger partial charge in [0.1, 0.15) is 11.3 Å². The van der Waals surface area contributed by atoms with Gasteiger partial charge in [0.25, 0.3) is 6.43 Å². The van der Waals surface area contributed by atoms with Crippen molar-refractivity contribution in [3.05, 3.63) is 36.4 Å². The third-order valence-electron chi connectivity index (χ3n) is 6.33. The van der Waals surface area contributed by atoms with Crippen LogP contribution in [0.2, 0.25) is 0 Å². The molecule has 0 saturated heterocycles. The molecule has 0 radical (unpaired) electrons. The Morgan fingerprint density at radius 2 is 1.80 bits per heavy atom. The van der Waals surface area contributed by atoms with E-state index < -0.39 is 19.4 Å². The van der Waals surface area contributed by atoms with E-state index in [1.54, 1.807) is 36.0 Å². The minimum atomic E-state index is -2.47. The van der Waals surface area contributed by atoms with E-state index in [2.05, 4.69) is 20.1 Å². The highest BCUT2D eigenvalue weighted by molar-refractivity contribution is 5.82. The molecule has 4 aromatic heterocycles. The molecule has 1 aliphatic rings. The molecule has 0 amide bonds. The largest absolute Gasteiger partial charge is 0.367 e. The number of alkyl halides is 4. The highest BCUT2D eigenvalue weighted by atomic mass is 19.3. The van der Waals surface area contributed by atoms with Gasteiger partial charge in [-0.25, -0.2) is 37.0 Å². The van der Waals surface area contributed by atoms with Gasteiger partial charge in [0.05, 0.1) is 24.0 Å². The Balaban J connectivity index is 0.000000221. The number of rotatable bonds is 6. The number of anilines is 1. The Morgan fingerprint density at radius 3 is 2.51 bits per heavy atom. The number of nitrogens with zero attached hydrogens (tertiary/aromatic N) is 6. The molecule has 35 heavy (non-hydrogen) atoms. The lowest BCUT2D eigenvalue weighted by Gasteiger charge is -2.20. The quantitative estimate of drug-likeness (QED) is 0.339. The molecule has 0 aromatic carbocycles. The van der Waals surface area contributed by atoms with E-state index in [1.165, 1.54) is 36.7 Å². The van der Waals surface area contributed by atoms with Crippen LogP contribution in [0.25, 0.3) is 27.9 Å². The van der Waals surface area contributed by atoms with Gasteiger partial charge < -0.3 is 10.3 Å². The summed E-state index contributed by atoms with van der Waals surface area (Å²) in [6, 6.07) is 5.40. The van der Waals surface area contributed by atoms with Crippen LogP contribution in [0.15, 0.2) is 30.6 Å². The van der Waals surface area contributed by atoms with Gasteiger partial charge in [-0.1, -0.05) is 32.1 Å². The van der Waals surface area contributed by atoms with Gasteiger partial charge >= 0.3 is 0 Å². The summed E-state index contributed by atoms with van der Waals surface area (Å²) in [5, 5.41) is 4.08. The predicted molar refractivity (Wildman–Crippen MR) is 126 cm³/mol. The number of nitrogens with two attached hydrogens (primary N) is 1. The molecule has 1 saturated carbocycles. The van der Waals surface area contributed by atoms with Gasteiger partial charge in [0.15, 0.2) is 5.65 Å². The summed E-state index contributed by atoms with van der Waals surface area (Å²) < 4.78 is 52.2. The van der Waals surface area contributed by atoms with Crippen molar-refractivity contribution in [2.45, 2.75) is 71.3 Å². The molecule has 188 valence electrons. The van der Waals surface area contributed by atoms with Crippen LogP contribution < -0.4 is 5.73 Å². The van der Waals surface area contributed by atoms with Crippen molar-refractivity contribution in [2.24, 2.45) is 5.92 Å². The van der Waals surface area contributed by atoms with E-state index in [0.717, 1.165) is 17.5 Å². The van der Waals surface area contributed by atoms with E-state index in [0.29, 0.717) is 28.6 Å². The molecule has 0 bridgehead atoms. The number of hydrogen-bond acceptors (Lipinski definition) is 5. The van der Waals surface area contributed by atoms with Crippen molar-refractivity contribution < 1.29 is 17.6 Å². The van der Waals surface area contributed by atoms with Gasteiger partial charge in [-0.2, -0.15) is 0 Å². The van der Waals surface area contributed by atoms with Gasteiger partial charge in [0, 0.05) is 18.2 Å². The molecule has 5 rings (SSSR count). The van der Waals surface area contributed by atoms with Crippen LogP contribution in [0.4, 0.5) is 23.5 Å². The zero-order chi connectivity index (χ0) is 24.9. The first-order valence-electron chi connectivity index (χ1n) is 11.8. The maximum atomic E-state index is 12.8. The van der Waals surface area contributed by atoms with E-state index >= 15 is 0 Å². The first kappa shape index (κ1) is 24.9. The predicted octanol–water partition coefficient (Wildman–Crippen LogP) is 5.91. The Bertz CT molecular complexity index is 1260. The van der Waals surface area contributed by atoms with Crippen LogP contribution in [0.5, 0.6) is 0 Å². The second-order valence-corrected chi connectivity index (χ2v) is 8.85. The van der Waals surface area contributed by atoms with E-state index in [4.69, 9.17) is 5.73 Å². The first-order valence-corrected chi connectivity index (χ1v) is 11.8. The van der Waals surface area contributed by atoms with Crippen LogP contribution in [0.1, 0.15) is 50.8 Å². The Morgan fingerprint density at radius 1 is 1.03 bits per heavy atom. The number of halogens is 4. The molecular formula is C24H29F4N7. The van der Waals surface area contributed by atoms with E-state index in [9.17, 15) is 17.6 Å². The molecule has 4 heterocycles. The second kappa shape index (κ2) is 11.0. The average molecular weight is 492 g/mol. The average Bonchev–Trinajstić information content (AvgIpc) is 3.38. The van der Waals surface area contributed by atoms with Gasteiger partial charge in [0.2, 0.25) is 12.4 Å². The molecule has 0 aliphatic heterocycles. The standard InChI is InChI=1S/C15H13F2N7.C9H16F2/c1-8-20-11-3-2-10(21-14(11)23(8)7-13(16)17)9-4-5-24-12(9)6-19-15(18)22-24;10-9(11)7-6-8-4-2-1-3-5-8/h2-6,13H,7H2,1H3,(H2,18,22);8-9H,1-7H2. The fourth-order valence-electron chi connectivity index (χ4n) is 4.59. The van der Waals surface area contributed by atoms with Crippen LogP contribution in [0.3, 0.4) is 0 Å². The van der Waals surface area contributed by atoms with E-state index in [-0.39, 0.29) is 12.4 Å². The van der Waals surface area contributed by atoms with Crippen molar-refractivity contribution in [3.8, 4) is 11.3 Å². The molecule has 0 unspecified atom stereocenters. The van der Waals surface area contributed by atoms with Gasteiger partial charge in [-0.15, -0.1) is 5.10 Å². The Labute approximate surface area is 200 Å². The Hall–Kier alpha value is -3.24. The summed E-state index contributed by atoms with van der Waals surface area (Å²) in [6.45, 7) is 1.25. The summed E-state index contributed by atoms with van der Waals surface area (Å²) >= 11 is 0. The molecule has 2 N–H and O–H groups in total. The molecule has 0 spiro atoms. The van der Waals surface area contributed by atoms with Crippen molar-refractivity contribution in [2.75, 3.05) is 5.73 Å². The summed E-state index contributed by atoms with van der Waals surface area (Å²) in [7, 11) is 0. The molecule has 1 aliphatic carbocycles. The van der Waals surface area contributed by atoms with Crippen LogP contribution in [-0.2, 0) is 6.54 Å². The number of aromatic nitrogens is 6. The fraction of sp³-hybridized carbons (Fsp3) is 0.500. The lowest BCUT2D eigenvalue weighted by molar-refractivity contribution is 0.123. The molecular weight excluding hydrogens is 462 g/mol. The second-order valence-electron chi connectivity index (χ2n) is 8.85. The van der Waals surface area contributed by atoms with Crippen LogP contribution >= 0.6 is 0 Å². The molecule has 1 fully saturated rings. The lowest BCUT2D eigenvalue weighted by atomic mass is 9.86. The smallest absolute Gasteiger partial charge is 0.256 e. The van der Waals surface area contributed by atoms with Crippen molar-refractivity contribution in [1.82, 2.24) is 29.1 Å². The van der Waals surface area contributed by atoms with Crippen LogP contribution in [0, 0.1) is 12.8 Å². The number of imidazole rings is 1. The Kier molecular flexibility index (Phi) is 7.82. The fourth-order valence-corrected chi connectivity index (χ4v) is 4.59. The molecule has 0 atom stereocenters. The first-order chi connectivity index (χ1) is 16.8. The molecule has 11 heteroatoms. The van der Waals surface area contributed by atoms with E-state index in [1.807, 2.05) is 6.07 Å². The third kappa shape index (κ3) is 6.07. The normalized spacial score (nSPS) is 14.7. The van der Waals surface area contributed by atoms with Crippen molar-refractivity contribution >= 4 is 22.6 Å². The number of hydrogen-bond donors (Lipinski definition) is 1. The van der Waals surface area contributed by atoms with Crippen molar-refractivity contribution in [1.29, 1.82) is 0 Å². The number of aryl methyl sites for hydroxylation is 1. The van der Waals surface area contributed by atoms with Crippen molar-refractivity contribution in [3.63, 3.8) is 0 Å². The monoisotopic (exact) mass is 491 g/mol. The van der Waals surface area contributed by atoms with Crippen LogP contribution in [-0.4, -0.2) is 42.0 Å². The number of nitrogen functional groups attached to an aromatic ring is 1. The summed E-state index contributed by atoms with van der Waals surface area (Å²) in [5.74, 6) is 1.28. The summed E-state index contributed by atoms with van der Waals surface area (Å²) in [5.41, 5.74) is 8.74. The summed E-state index contributed by atoms with van der Waals surface area (Å²) in [6.07, 6.45) is 5.85. The minimum Gasteiger partial charge on any atom is -0.367 e. The van der Waals surface area contributed by atoms with Gasteiger partial charge in [-0.3, -0.25) is 0 Å². The topological polar surface area (TPSA) is 86.9 Å². The number of fused-ring (bicyclic) bond motifs is 2. The zero-order valence-corrected chi connectivity index (χ0v) is 19.5. The molecule has 4 aromatic rings. The third-order valence-corrected chi connectivity index (χ3v) is 6.33. The maximum Gasteiger partial charge on any atom is 0.256 e. The highest BCUT2D eigenvalue weighted by Crippen LogP contribution is 2.28. The van der Waals surface area contributed by atoms with Gasteiger partial charge in [-0.05, 0) is 37.5 Å². The summed E-state index contributed by atoms with van der Waals surface area (Å²) in [4.78, 5) is 12.8. The lowest BCUT2D eigenvalue weighted by Crippen LogP contribution is -2.08. The zero-order valence-electron chi connectivity index (χ0n) is 19.5. The minimum absolute atomic E-state index is 0.116. The maximum absolute atomic E-state index is 12.8. The SMILES string of the molecule is Cc1nc2ccc(-c3ccn4nc(N)ncc34)nc2n1CC(F)F.FC(F)CCC1CCCCC1. The highest BCUT2D eigenvalue weighted by Gasteiger charge is 2.16.